The van der Waals surface area contributed by atoms with Crippen LogP contribution in [0, 0.1) is 0 Å². The summed E-state index contributed by atoms with van der Waals surface area (Å²) in [7, 11) is 1.30. The Labute approximate surface area is 92.2 Å². The fourth-order valence-corrected chi connectivity index (χ4v) is 1.16. The Hall–Kier alpha value is -1.55. The molecule has 0 radical (unpaired) electrons. The number of rotatable bonds is 4. The molecule has 15 heavy (non-hydrogen) atoms. The summed E-state index contributed by atoms with van der Waals surface area (Å²) in [6.07, 6.45) is 0. The Morgan fingerprint density at radius 1 is 1.40 bits per heavy atom. The minimum atomic E-state index is -0.519. The topological polar surface area (TPSA) is 55.4 Å². The summed E-state index contributed by atoms with van der Waals surface area (Å²) in [6, 6.07) is 6.73. The first kappa shape index (κ1) is 11.5. The fourth-order valence-electron chi connectivity index (χ4n) is 1.09. The molecule has 5 heteroatoms. The number of halogens is 1. The molecule has 80 valence electrons. The van der Waals surface area contributed by atoms with Crippen LogP contribution in [0.2, 0.25) is 0 Å². The Morgan fingerprint density at radius 2 is 2.07 bits per heavy atom. The standard InChI is InChI=1S/C10H10ClNO3/c1-15-10(14)7-4-2-3-5-8(7)12-6-9(11)13/h2-5,12H,6H2,1H3. The zero-order valence-corrected chi connectivity index (χ0v) is 8.88. The highest BCUT2D eigenvalue weighted by Gasteiger charge is 2.10. The summed E-state index contributed by atoms with van der Waals surface area (Å²) in [5, 5.41) is 2.23. The molecular weight excluding hydrogens is 218 g/mol. The average molecular weight is 228 g/mol. The lowest BCUT2D eigenvalue weighted by atomic mass is 10.2. The fraction of sp³-hybridized carbons (Fsp3) is 0.200. The minimum absolute atomic E-state index is 0.0322. The van der Waals surface area contributed by atoms with Crippen LogP contribution in [0.25, 0.3) is 0 Å². The van der Waals surface area contributed by atoms with Crippen molar-refractivity contribution in [1.29, 1.82) is 0 Å². The number of para-hydroxylation sites is 1. The molecule has 0 saturated carbocycles. The third kappa shape index (κ3) is 3.25. The number of methoxy groups -OCH3 is 1. The Kier molecular flexibility index (Phi) is 4.12. The van der Waals surface area contributed by atoms with Gasteiger partial charge in [0.05, 0.1) is 19.2 Å². The van der Waals surface area contributed by atoms with E-state index in [-0.39, 0.29) is 6.54 Å². The van der Waals surface area contributed by atoms with Gasteiger partial charge in [-0.3, -0.25) is 4.79 Å². The van der Waals surface area contributed by atoms with E-state index in [1.165, 1.54) is 7.11 Å². The lowest BCUT2D eigenvalue weighted by molar-refractivity contribution is -0.110. The van der Waals surface area contributed by atoms with E-state index in [1.54, 1.807) is 24.3 Å². The molecule has 1 aromatic carbocycles. The van der Waals surface area contributed by atoms with Crippen LogP contribution in [0.1, 0.15) is 10.4 Å². The van der Waals surface area contributed by atoms with Gasteiger partial charge in [0.15, 0.2) is 0 Å². The van der Waals surface area contributed by atoms with Crippen LogP contribution in [-0.2, 0) is 9.53 Å². The number of nitrogens with one attached hydrogen (secondary N) is 1. The average Bonchev–Trinajstić information content (AvgIpc) is 2.25. The van der Waals surface area contributed by atoms with E-state index in [9.17, 15) is 9.59 Å². The Balaban J connectivity index is 2.86. The lowest BCUT2D eigenvalue weighted by Crippen LogP contribution is -2.12. The molecule has 0 unspecified atom stereocenters. The maximum Gasteiger partial charge on any atom is 0.339 e. The Morgan fingerprint density at radius 3 is 2.67 bits per heavy atom. The molecule has 0 spiro atoms. The normalized spacial score (nSPS) is 9.47. The second kappa shape index (κ2) is 5.36. The minimum Gasteiger partial charge on any atom is -0.465 e. The number of carbonyl (C=O) groups excluding carboxylic acids is 2. The zero-order valence-electron chi connectivity index (χ0n) is 8.12. The highest BCUT2D eigenvalue weighted by atomic mass is 35.5. The molecule has 0 aliphatic carbocycles. The number of ether oxygens (including phenoxy) is 1. The van der Waals surface area contributed by atoms with Crippen molar-refractivity contribution in [2.75, 3.05) is 19.0 Å². The van der Waals surface area contributed by atoms with Crippen molar-refractivity contribution in [2.24, 2.45) is 0 Å². The van der Waals surface area contributed by atoms with Gasteiger partial charge >= 0.3 is 5.97 Å². The molecule has 0 saturated heterocycles. The molecule has 4 nitrogen and oxygen atoms in total. The van der Waals surface area contributed by atoms with Gasteiger partial charge in [-0.15, -0.1) is 0 Å². The maximum absolute atomic E-state index is 11.3. The van der Waals surface area contributed by atoms with Crippen LogP contribution in [0.4, 0.5) is 5.69 Å². The second-order valence-corrected chi connectivity index (χ2v) is 3.17. The van der Waals surface area contributed by atoms with Crippen molar-refractivity contribution in [2.45, 2.75) is 0 Å². The summed E-state index contributed by atoms with van der Waals surface area (Å²) in [6.45, 7) is -0.0322. The van der Waals surface area contributed by atoms with Crippen molar-refractivity contribution in [3.05, 3.63) is 29.8 Å². The first-order chi connectivity index (χ1) is 7.15. The van der Waals surface area contributed by atoms with Crippen LogP contribution >= 0.6 is 11.6 Å². The van der Waals surface area contributed by atoms with E-state index in [0.717, 1.165) is 0 Å². The quantitative estimate of drug-likeness (QED) is 0.628. The molecule has 1 N–H and O–H groups in total. The molecule has 1 rings (SSSR count). The van der Waals surface area contributed by atoms with Crippen molar-refractivity contribution in [3.63, 3.8) is 0 Å². The number of anilines is 1. The molecular formula is C10H10ClNO3. The first-order valence-corrected chi connectivity index (χ1v) is 4.62. The van der Waals surface area contributed by atoms with Gasteiger partial charge in [-0.1, -0.05) is 12.1 Å². The van der Waals surface area contributed by atoms with Crippen LogP contribution in [0.15, 0.2) is 24.3 Å². The first-order valence-electron chi connectivity index (χ1n) is 4.24. The number of hydrogen-bond acceptors (Lipinski definition) is 4. The van der Waals surface area contributed by atoms with Gasteiger partial charge in [-0.05, 0) is 23.7 Å². The van der Waals surface area contributed by atoms with Crippen LogP contribution in [0.5, 0.6) is 0 Å². The van der Waals surface area contributed by atoms with Gasteiger partial charge in [0.2, 0.25) is 5.24 Å². The van der Waals surface area contributed by atoms with Crippen molar-refractivity contribution in [3.8, 4) is 0 Å². The van der Waals surface area contributed by atoms with Gasteiger partial charge in [0.1, 0.15) is 0 Å². The second-order valence-electron chi connectivity index (χ2n) is 2.75. The Bertz CT molecular complexity index is 379. The van der Waals surface area contributed by atoms with Crippen molar-refractivity contribution in [1.82, 2.24) is 0 Å². The molecule has 0 aliphatic heterocycles. The SMILES string of the molecule is COC(=O)c1ccccc1NCC(=O)Cl. The number of carbonyl (C=O) groups is 2. The number of esters is 1. The molecule has 0 bridgehead atoms. The van der Waals surface area contributed by atoms with Gasteiger partial charge in [0.25, 0.3) is 0 Å². The van der Waals surface area contributed by atoms with E-state index < -0.39 is 11.2 Å². The monoisotopic (exact) mass is 227 g/mol. The van der Waals surface area contributed by atoms with E-state index in [2.05, 4.69) is 10.1 Å². The molecule has 0 aliphatic rings. The van der Waals surface area contributed by atoms with Gasteiger partial charge < -0.3 is 10.1 Å². The summed E-state index contributed by atoms with van der Waals surface area (Å²) in [4.78, 5) is 21.9. The summed E-state index contributed by atoms with van der Waals surface area (Å²) in [5.74, 6) is -0.458. The lowest BCUT2D eigenvalue weighted by Gasteiger charge is -2.08. The van der Waals surface area contributed by atoms with Crippen LogP contribution in [0.3, 0.4) is 0 Å². The van der Waals surface area contributed by atoms with E-state index in [0.29, 0.717) is 11.3 Å². The van der Waals surface area contributed by atoms with Gasteiger partial charge in [-0.25, -0.2) is 4.79 Å². The summed E-state index contributed by atoms with van der Waals surface area (Å²) < 4.78 is 4.59. The number of benzene rings is 1. The molecule has 0 amide bonds. The van der Waals surface area contributed by atoms with E-state index in [4.69, 9.17) is 11.6 Å². The van der Waals surface area contributed by atoms with Crippen LogP contribution < -0.4 is 5.32 Å². The predicted octanol–water partition coefficient (Wildman–Crippen LogP) is 1.65. The molecule has 0 aromatic heterocycles. The third-order valence-corrected chi connectivity index (χ3v) is 1.88. The van der Waals surface area contributed by atoms with E-state index >= 15 is 0 Å². The van der Waals surface area contributed by atoms with Gasteiger partial charge in [-0.2, -0.15) is 0 Å². The van der Waals surface area contributed by atoms with Crippen molar-refractivity contribution >= 4 is 28.5 Å². The van der Waals surface area contributed by atoms with E-state index in [1.807, 2.05) is 0 Å². The van der Waals surface area contributed by atoms with Gasteiger partial charge in [0, 0.05) is 5.69 Å². The number of hydrogen-bond donors (Lipinski definition) is 1. The van der Waals surface area contributed by atoms with Crippen molar-refractivity contribution < 1.29 is 14.3 Å². The summed E-state index contributed by atoms with van der Waals surface area (Å²) >= 11 is 5.18. The highest BCUT2D eigenvalue weighted by Crippen LogP contribution is 2.15. The smallest absolute Gasteiger partial charge is 0.339 e. The maximum atomic E-state index is 11.3. The molecule has 1 aromatic rings. The highest BCUT2D eigenvalue weighted by molar-refractivity contribution is 6.64. The largest absolute Gasteiger partial charge is 0.465 e. The molecule has 0 fully saturated rings. The molecule has 0 heterocycles. The summed E-state index contributed by atoms with van der Waals surface area (Å²) in [5.41, 5.74) is 0.899. The molecule has 0 atom stereocenters. The zero-order chi connectivity index (χ0) is 11.3. The van der Waals surface area contributed by atoms with Crippen LogP contribution in [-0.4, -0.2) is 24.9 Å². The third-order valence-electron chi connectivity index (χ3n) is 1.75. The predicted molar refractivity (Wildman–Crippen MR) is 57.1 cm³/mol.